The average molecular weight is 164 g/mol. The predicted octanol–water partition coefficient (Wildman–Crippen LogP) is -0.638. The summed E-state index contributed by atoms with van der Waals surface area (Å²) in [6.45, 7) is 0. The van der Waals surface area contributed by atoms with E-state index in [-0.39, 0.29) is 0 Å². The molecule has 52 valence electrons. The normalized spacial score (nSPS) is 8.75. The molecule has 0 saturated carbocycles. The highest BCUT2D eigenvalue weighted by molar-refractivity contribution is 7.73. The molecule has 4 N–H and O–H groups in total. The van der Waals surface area contributed by atoms with Crippen LogP contribution in [0.4, 0.5) is 0 Å². The van der Waals surface area contributed by atoms with Gasteiger partial charge >= 0.3 is 0 Å². The van der Waals surface area contributed by atoms with Gasteiger partial charge in [0.2, 0.25) is 0 Å². The summed E-state index contributed by atoms with van der Waals surface area (Å²) in [7, 11) is 0. The molecular formula is H4O6S2. The molecule has 0 aromatic rings. The zero-order valence-corrected chi connectivity index (χ0v) is 5.05. The summed E-state index contributed by atoms with van der Waals surface area (Å²) in [5, 5.41) is 0. The lowest BCUT2D eigenvalue weighted by molar-refractivity contribution is 0.452. The van der Waals surface area contributed by atoms with Crippen molar-refractivity contribution in [3.63, 3.8) is 0 Å². The second-order valence-electron chi connectivity index (χ2n) is 0.461. The van der Waals surface area contributed by atoms with Crippen LogP contribution < -0.4 is 0 Å². The van der Waals surface area contributed by atoms with Crippen LogP contribution in [0.5, 0.6) is 0 Å². The second-order valence-corrected chi connectivity index (χ2v) is 1.38. The lowest BCUT2D eigenvalue weighted by Gasteiger charge is -1.59. The molecule has 0 aliphatic rings. The maximum Gasteiger partial charge on any atom is 0.299 e. The van der Waals surface area contributed by atoms with Gasteiger partial charge in [-0.25, -0.2) is 0 Å². The van der Waals surface area contributed by atoms with Crippen LogP contribution >= 0.6 is 0 Å². The summed E-state index contributed by atoms with van der Waals surface area (Å²) in [6, 6.07) is 0. The summed E-state index contributed by atoms with van der Waals surface area (Å²) in [4.78, 5) is 0. The van der Waals surface area contributed by atoms with E-state index < -0.39 is 22.7 Å². The summed E-state index contributed by atoms with van der Waals surface area (Å²) < 4.78 is 45.7. The Morgan fingerprint density at radius 2 is 0.750 bits per heavy atom. The van der Waals surface area contributed by atoms with Crippen LogP contribution in [0.1, 0.15) is 0 Å². The van der Waals surface area contributed by atoms with Crippen LogP contribution in [0.3, 0.4) is 0 Å². The van der Waals surface area contributed by atoms with Crippen molar-refractivity contribution in [2.75, 3.05) is 0 Å². The van der Waals surface area contributed by atoms with Crippen molar-refractivity contribution in [2.45, 2.75) is 0 Å². The van der Waals surface area contributed by atoms with Gasteiger partial charge in [0.1, 0.15) is 0 Å². The SMILES string of the molecule is O=S(O)O.O=S(O)O. The molecule has 0 heterocycles. The molecular weight excluding hydrogens is 160 g/mol. The van der Waals surface area contributed by atoms with E-state index in [9.17, 15) is 0 Å². The molecule has 0 aromatic carbocycles. The van der Waals surface area contributed by atoms with Crippen LogP contribution in [0.25, 0.3) is 0 Å². The van der Waals surface area contributed by atoms with E-state index in [1.165, 1.54) is 0 Å². The predicted molar refractivity (Wildman–Crippen MR) is 26.8 cm³/mol. The zero-order chi connectivity index (χ0) is 7.15. The maximum absolute atomic E-state index is 8.67. The van der Waals surface area contributed by atoms with E-state index in [1.807, 2.05) is 0 Å². The molecule has 8 heteroatoms. The second kappa shape index (κ2) is 7.14. The fourth-order valence-corrected chi connectivity index (χ4v) is 0. The number of rotatable bonds is 0. The smallest absolute Gasteiger partial charge is 0.284 e. The minimum absolute atomic E-state index is 2.61. The van der Waals surface area contributed by atoms with Crippen LogP contribution in [-0.4, -0.2) is 26.6 Å². The molecule has 0 spiro atoms. The summed E-state index contributed by atoms with van der Waals surface area (Å²) >= 11 is -5.22. The van der Waals surface area contributed by atoms with E-state index in [0.717, 1.165) is 0 Å². The first-order valence-corrected chi connectivity index (χ1v) is 3.19. The first kappa shape index (κ1) is 11.0. The minimum Gasteiger partial charge on any atom is -0.284 e. The van der Waals surface area contributed by atoms with Gasteiger partial charge in [-0.2, -0.15) is 8.42 Å². The molecule has 0 amide bonds. The van der Waals surface area contributed by atoms with Crippen LogP contribution in [-0.2, 0) is 22.7 Å². The number of hydrogen-bond donors (Lipinski definition) is 4. The van der Waals surface area contributed by atoms with Crippen molar-refractivity contribution in [3.05, 3.63) is 0 Å². The van der Waals surface area contributed by atoms with Crippen molar-refractivity contribution in [1.82, 2.24) is 0 Å². The monoisotopic (exact) mass is 164 g/mol. The fraction of sp³-hybridized carbons (Fsp3) is 0. The Morgan fingerprint density at radius 3 is 0.750 bits per heavy atom. The Labute approximate surface area is 50.1 Å². The Bertz CT molecular complexity index is 64.5. The third-order valence-corrected chi connectivity index (χ3v) is 0. The van der Waals surface area contributed by atoms with E-state index in [2.05, 4.69) is 0 Å². The molecule has 0 aliphatic heterocycles. The molecule has 0 radical (unpaired) electrons. The van der Waals surface area contributed by atoms with Crippen molar-refractivity contribution in [1.29, 1.82) is 0 Å². The fourth-order valence-electron chi connectivity index (χ4n) is 0. The van der Waals surface area contributed by atoms with Crippen LogP contribution in [0.2, 0.25) is 0 Å². The summed E-state index contributed by atoms with van der Waals surface area (Å²) in [5.74, 6) is 0. The summed E-state index contributed by atoms with van der Waals surface area (Å²) in [6.07, 6.45) is 0. The molecule has 0 bridgehead atoms. The van der Waals surface area contributed by atoms with E-state index in [4.69, 9.17) is 26.6 Å². The largest absolute Gasteiger partial charge is 0.299 e. The van der Waals surface area contributed by atoms with Crippen molar-refractivity contribution >= 4 is 22.7 Å². The lowest BCUT2D eigenvalue weighted by Crippen LogP contribution is -1.74. The molecule has 0 rings (SSSR count). The van der Waals surface area contributed by atoms with Gasteiger partial charge in [0.05, 0.1) is 0 Å². The van der Waals surface area contributed by atoms with Gasteiger partial charge in [0, 0.05) is 0 Å². The Morgan fingerprint density at radius 1 is 0.750 bits per heavy atom. The number of hydrogen-bond acceptors (Lipinski definition) is 2. The standard InChI is InChI=1S/2H2O3S/c2*1-4(2)3/h2*(H2,1,2,3). The van der Waals surface area contributed by atoms with Gasteiger partial charge in [0.15, 0.2) is 0 Å². The Kier molecular flexibility index (Phi) is 9.82. The molecule has 0 atom stereocenters. The zero-order valence-electron chi connectivity index (χ0n) is 3.42. The molecule has 0 aliphatic carbocycles. The van der Waals surface area contributed by atoms with E-state index in [1.54, 1.807) is 0 Å². The first-order valence-electron chi connectivity index (χ1n) is 1.06. The van der Waals surface area contributed by atoms with E-state index in [0.29, 0.717) is 0 Å². The molecule has 0 fully saturated rings. The van der Waals surface area contributed by atoms with Gasteiger partial charge in [-0.3, -0.25) is 18.2 Å². The molecule has 8 heavy (non-hydrogen) atoms. The highest BCUT2D eigenvalue weighted by atomic mass is 32.2. The van der Waals surface area contributed by atoms with Gasteiger partial charge in [-0.15, -0.1) is 0 Å². The molecule has 6 nitrogen and oxygen atoms in total. The van der Waals surface area contributed by atoms with Crippen LogP contribution in [0, 0.1) is 0 Å². The molecule has 0 saturated heterocycles. The van der Waals surface area contributed by atoms with E-state index >= 15 is 0 Å². The Balaban J connectivity index is 0. The van der Waals surface area contributed by atoms with Crippen molar-refractivity contribution in [2.24, 2.45) is 0 Å². The topological polar surface area (TPSA) is 115 Å². The third kappa shape index (κ3) is 8280. The maximum atomic E-state index is 8.67. The van der Waals surface area contributed by atoms with Crippen LogP contribution in [0.15, 0.2) is 0 Å². The quantitative estimate of drug-likeness (QED) is 0.354. The van der Waals surface area contributed by atoms with Crippen molar-refractivity contribution < 1.29 is 26.6 Å². The summed E-state index contributed by atoms with van der Waals surface area (Å²) in [5.41, 5.74) is 0. The molecule has 0 unspecified atom stereocenters. The minimum atomic E-state index is -2.61. The van der Waals surface area contributed by atoms with Gasteiger partial charge in [-0.05, 0) is 0 Å². The Hall–Kier alpha value is 0.140. The third-order valence-electron chi connectivity index (χ3n) is 0. The van der Waals surface area contributed by atoms with Gasteiger partial charge in [-0.1, -0.05) is 0 Å². The van der Waals surface area contributed by atoms with Gasteiger partial charge < -0.3 is 0 Å². The molecule has 0 aromatic heterocycles. The van der Waals surface area contributed by atoms with Crippen molar-refractivity contribution in [3.8, 4) is 0 Å². The lowest BCUT2D eigenvalue weighted by atomic mass is 15.8. The van der Waals surface area contributed by atoms with Gasteiger partial charge in [0.25, 0.3) is 22.7 Å². The highest BCUT2D eigenvalue weighted by Gasteiger charge is 1.63. The highest BCUT2D eigenvalue weighted by Crippen LogP contribution is 1.44. The average Bonchev–Trinajstić information content (AvgIpc) is 1.25. The first-order chi connectivity index (χ1) is 3.46.